The molecule has 1 aliphatic carbocycles. The number of carbonyl (C=O) groups is 2. The van der Waals surface area contributed by atoms with Gasteiger partial charge in [-0.15, -0.1) is 0 Å². The van der Waals surface area contributed by atoms with E-state index in [0.717, 1.165) is 0 Å². The summed E-state index contributed by atoms with van der Waals surface area (Å²) in [6.45, 7) is -3.14. The molecule has 20 atom stereocenters. The summed E-state index contributed by atoms with van der Waals surface area (Å²) < 4.78 is 33.2. The predicted molar refractivity (Wildman–Crippen MR) is 214 cm³/mol. The maximum atomic E-state index is 14.2. The van der Waals surface area contributed by atoms with Crippen molar-refractivity contribution in [3.05, 3.63) is 69.8 Å². The van der Waals surface area contributed by atoms with Crippen LogP contribution in [0.15, 0.2) is 36.4 Å². The van der Waals surface area contributed by atoms with Crippen LogP contribution in [0.4, 0.5) is 0 Å². The molecule has 4 saturated heterocycles. The summed E-state index contributed by atoms with van der Waals surface area (Å²) in [5.74, 6) is 14.3. The monoisotopic (exact) mass is 928 g/mol. The molecule has 22 heteroatoms. The highest BCUT2D eigenvalue weighted by Gasteiger charge is 2.52. The summed E-state index contributed by atoms with van der Waals surface area (Å²) in [6, 6.07) is 8.66. The number of ether oxygens (including phenoxy) is 6. The topological polar surface area (TPSA) is 373 Å². The largest absolute Gasteiger partial charge is 0.394 e. The summed E-state index contributed by atoms with van der Waals surface area (Å²) in [7, 11) is 0. The van der Waals surface area contributed by atoms with Crippen molar-refractivity contribution in [2.45, 2.75) is 122 Å². The molecule has 0 aromatic heterocycles. The maximum absolute atomic E-state index is 14.2. The zero-order valence-electron chi connectivity index (χ0n) is 34.4. The lowest BCUT2D eigenvalue weighted by Crippen LogP contribution is -2.64. The molecule has 7 rings (SSSR count). The third-order valence-corrected chi connectivity index (χ3v) is 11.9. The molecule has 0 bridgehead atoms. The zero-order valence-corrected chi connectivity index (χ0v) is 34.4. The summed E-state index contributed by atoms with van der Waals surface area (Å²) in [5.41, 5.74) is -0.157. The predicted octanol–water partition coefficient (Wildman–Crippen LogP) is -7.50. The van der Waals surface area contributed by atoms with E-state index in [9.17, 15) is 81.1 Å². The lowest BCUT2D eigenvalue weighted by atomic mass is 9.80. The van der Waals surface area contributed by atoms with Crippen molar-refractivity contribution < 1.29 is 110 Å². The minimum atomic E-state index is -1.87. The molecule has 0 amide bonds. The number of benzene rings is 2. The van der Waals surface area contributed by atoms with Crippen LogP contribution < -0.4 is 0 Å². The van der Waals surface area contributed by atoms with Crippen LogP contribution in [-0.2, 0) is 28.4 Å². The van der Waals surface area contributed by atoms with E-state index in [-0.39, 0.29) is 33.4 Å². The minimum absolute atomic E-state index is 0.00754. The number of aliphatic hydroxyl groups is 14. The average molecular weight is 929 g/mol. The fraction of sp³-hybridized carbons (Fsp3) is 0.545. The number of ketones is 2. The second kappa shape index (κ2) is 20.9. The molecule has 22 nitrogen and oxygen atoms in total. The van der Waals surface area contributed by atoms with Crippen LogP contribution in [0.1, 0.15) is 43.0 Å². The first-order valence-electron chi connectivity index (χ1n) is 20.6. The molecule has 4 heterocycles. The Morgan fingerprint density at radius 3 is 1.30 bits per heavy atom. The van der Waals surface area contributed by atoms with Crippen LogP contribution in [-0.4, -0.2) is 232 Å². The first-order chi connectivity index (χ1) is 31.6. The fourth-order valence-corrected chi connectivity index (χ4v) is 8.22. The van der Waals surface area contributed by atoms with Gasteiger partial charge in [-0.1, -0.05) is 47.9 Å². The molecule has 14 N–H and O–H groups in total. The Bertz CT molecular complexity index is 2280. The van der Waals surface area contributed by atoms with Crippen molar-refractivity contribution in [1.29, 1.82) is 0 Å². The highest BCUT2D eigenvalue weighted by molar-refractivity contribution is 6.29. The highest BCUT2D eigenvalue weighted by atomic mass is 16.7. The van der Waals surface area contributed by atoms with E-state index < -0.39 is 160 Å². The van der Waals surface area contributed by atoms with Gasteiger partial charge in [0.2, 0.25) is 0 Å². The van der Waals surface area contributed by atoms with Crippen molar-refractivity contribution in [2.75, 3.05) is 26.4 Å². The van der Waals surface area contributed by atoms with E-state index in [4.69, 9.17) is 28.4 Å². The van der Waals surface area contributed by atoms with E-state index in [2.05, 4.69) is 35.5 Å². The molecule has 2 aromatic rings. The van der Waals surface area contributed by atoms with Crippen molar-refractivity contribution in [3.63, 3.8) is 0 Å². The molecule has 4 fully saturated rings. The Morgan fingerprint density at radius 1 is 0.439 bits per heavy atom. The molecule has 0 spiro atoms. The molecule has 2 aromatic carbocycles. The van der Waals surface area contributed by atoms with Crippen LogP contribution in [0.5, 0.6) is 0 Å². The summed E-state index contributed by atoms with van der Waals surface area (Å²) in [6.07, 6.45) is -33.1. The van der Waals surface area contributed by atoms with E-state index in [1.165, 1.54) is 36.4 Å². The lowest BCUT2D eigenvalue weighted by Gasteiger charge is -2.45. The summed E-state index contributed by atoms with van der Waals surface area (Å²) in [5, 5.41) is 144. The normalized spacial score (nSPS) is 39.8. The summed E-state index contributed by atoms with van der Waals surface area (Å²) in [4.78, 5) is 28.0. The fourth-order valence-electron chi connectivity index (χ4n) is 8.22. The Morgan fingerprint density at radius 2 is 0.864 bits per heavy atom. The van der Waals surface area contributed by atoms with Gasteiger partial charge in [0.1, 0.15) is 110 Å². The van der Waals surface area contributed by atoms with E-state index >= 15 is 0 Å². The van der Waals surface area contributed by atoms with Gasteiger partial charge in [0.25, 0.3) is 0 Å². The molecule has 0 saturated carbocycles. The Hall–Kier alpha value is -4.34. The molecular formula is C44H48O22. The van der Waals surface area contributed by atoms with Crippen LogP contribution in [0.3, 0.4) is 0 Å². The van der Waals surface area contributed by atoms with Gasteiger partial charge < -0.3 is 99.9 Å². The van der Waals surface area contributed by atoms with Crippen LogP contribution in [0.25, 0.3) is 0 Å². The number of hydrogen-bond donors (Lipinski definition) is 14. The van der Waals surface area contributed by atoms with Gasteiger partial charge in [0, 0.05) is 33.4 Å². The van der Waals surface area contributed by atoms with E-state index in [0.29, 0.717) is 0 Å². The first-order valence-corrected chi connectivity index (χ1v) is 20.6. The highest BCUT2D eigenvalue weighted by Crippen LogP contribution is 2.34. The Balaban J connectivity index is 1.07. The van der Waals surface area contributed by atoms with Gasteiger partial charge in [-0.3, -0.25) is 9.59 Å². The smallest absolute Gasteiger partial charge is 0.197 e. The minimum Gasteiger partial charge on any atom is -0.394 e. The van der Waals surface area contributed by atoms with Gasteiger partial charge in [0.05, 0.1) is 26.4 Å². The lowest BCUT2D eigenvalue weighted by molar-refractivity contribution is -0.339. The standard InChI is InChI=1S/C44H48O22/c45-13-23-32(52)35(55)39(59)43(63-23)65-41-25(15-47)61-21(30(50)37(41)57)10-2-1-5-17-6-3-8-19-27(17)34(54)28-18(7-4-9-20(28)29(19)49)11-12-22-31(51)38(58)42(26(16-48)62-22)66-44-40(60)36(56)33(53)24(14-46)64-44/h3-4,6-9,21-26,30-33,35-48,50-53,55-60H,13-16H2/t21-,22-,23+,24+,25+,26+,30-,31-,32+,33+,35-,36-,37+,38+,39+,40+,41+,42+,43-,44-/m0/s1. The average Bonchev–Trinajstić information content (AvgIpc) is 3.32. The van der Waals surface area contributed by atoms with Gasteiger partial charge in [-0.05, 0) is 24.0 Å². The third kappa shape index (κ3) is 9.42. The number of hydrogen-bond acceptors (Lipinski definition) is 22. The number of aliphatic hydroxyl groups excluding tert-OH is 14. The first kappa shape index (κ1) is 49.6. The van der Waals surface area contributed by atoms with Crippen LogP contribution in [0.2, 0.25) is 0 Å². The van der Waals surface area contributed by atoms with E-state index in [1.54, 1.807) is 0 Å². The molecule has 4 aliphatic heterocycles. The van der Waals surface area contributed by atoms with Crippen LogP contribution in [0, 0.1) is 35.5 Å². The SMILES string of the molecule is O=C1c2cccc(C#CC#C[C@@H]3O[C@H](CO)[C@@H](O[C@@H]4O[C@H](CO)[C@@H](O)[C@H](O)[C@H]4O)[C@H](O)[C@H]3O)c2C(=O)c2c(C#C[C@@H]3O[C@H](CO)[C@@H](O[C@@H]4O[C@H](CO)[C@@H](O)[C@H](O)[C@H]4O)[C@H](O)[C@H]3O)cccc21. The zero-order chi connectivity index (χ0) is 47.7. The quantitative estimate of drug-likeness (QED) is 0.0933. The van der Waals surface area contributed by atoms with Gasteiger partial charge in [-0.25, -0.2) is 0 Å². The maximum Gasteiger partial charge on any atom is 0.197 e. The number of fused-ring (bicyclic) bond motifs is 2. The number of carbonyl (C=O) groups excluding carboxylic acids is 2. The second-order valence-electron chi connectivity index (χ2n) is 16.0. The third-order valence-electron chi connectivity index (χ3n) is 11.9. The van der Waals surface area contributed by atoms with E-state index in [1.807, 2.05) is 0 Å². The van der Waals surface area contributed by atoms with Crippen molar-refractivity contribution in [2.24, 2.45) is 0 Å². The van der Waals surface area contributed by atoms with Crippen LogP contribution >= 0.6 is 0 Å². The van der Waals surface area contributed by atoms with Crippen molar-refractivity contribution in [1.82, 2.24) is 0 Å². The van der Waals surface area contributed by atoms with Crippen molar-refractivity contribution in [3.8, 4) is 35.5 Å². The molecule has 0 unspecified atom stereocenters. The Labute approximate surface area is 374 Å². The van der Waals surface area contributed by atoms with Gasteiger partial charge in [0.15, 0.2) is 24.1 Å². The molecule has 0 radical (unpaired) electrons. The van der Waals surface area contributed by atoms with Gasteiger partial charge in [-0.2, -0.15) is 0 Å². The van der Waals surface area contributed by atoms with Crippen molar-refractivity contribution >= 4 is 11.6 Å². The molecule has 66 heavy (non-hydrogen) atoms. The number of rotatable bonds is 8. The molecule has 356 valence electrons. The molecular weight excluding hydrogens is 880 g/mol. The second-order valence-corrected chi connectivity index (χ2v) is 16.0. The Kier molecular flexibility index (Phi) is 15.7. The van der Waals surface area contributed by atoms with Gasteiger partial charge >= 0.3 is 0 Å². The summed E-state index contributed by atoms with van der Waals surface area (Å²) >= 11 is 0. The molecule has 5 aliphatic rings.